The molecule has 0 saturated carbocycles. The largest absolute Gasteiger partial charge is 2.00 e. The number of fused-ring (bicyclic) bond motifs is 8. The first-order chi connectivity index (χ1) is 26.2. The molecular formula is C47H34N4ORuS. The third-order valence-electron chi connectivity index (χ3n) is 8.86. The van der Waals surface area contributed by atoms with Gasteiger partial charge in [0, 0.05) is 6.61 Å². The molecule has 0 radical (unpaired) electrons. The first-order valence-electron chi connectivity index (χ1n) is 17.3. The van der Waals surface area contributed by atoms with E-state index in [4.69, 9.17) is 30.7 Å². The molecule has 8 bridgehead atoms. The van der Waals surface area contributed by atoms with Crippen molar-refractivity contribution >= 4 is 58.4 Å². The summed E-state index contributed by atoms with van der Waals surface area (Å²) in [4.78, 5) is 21.2. The molecule has 0 spiro atoms. The van der Waals surface area contributed by atoms with Crippen LogP contribution in [0.5, 0.6) is 0 Å². The molecular weight excluding hydrogens is 770 g/mol. The molecule has 7 aromatic rings. The molecule has 9 rings (SSSR count). The molecule has 2 aliphatic rings. The van der Waals surface area contributed by atoms with Crippen LogP contribution >= 0.6 is 0 Å². The van der Waals surface area contributed by atoms with Crippen molar-refractivity contribution in [2.24, 2.45) is 0 Å². The van der Waals surface area contributed by atoms with E-state index in [0.29, 0.717) is 0 Å². The van der Waals surface area contributed by atoms with Gasteiger partial charge in [-0.3, -0.25) is 0 Å². The molecule has 0 aliphatic carbocycles. The average Bonchev–Trinajstić information content (AvgIpc) is 4.06. The molecule has 54 heavy (non-hydrogen) atoms. The van der Waals surface area contributed by atoms with Gasteiger partial charge in [-0.1, -0.05) is 146 Å². The van der Waals surface area contributed by atoms with Crippen molar-refractivity contribution in [3.8, 4) is 44.5 Å². The Bertz CT molecular complexity index is 2260. The van der Waals surface area contributed by atoms with Crippen LogP contribution in [-0.2, 0) is 31.5 Å². The zero-order valence-corrected chi connectivity index (χ0v) is 31.9. The molecule has 0 atom stereocenters. The summed E-state index contributed by atoms with van der Waals surface area (Å²) in [5.41, 5.74) is 20.4. The Morgan fingerprint density at radius 1 is 0.426 bits per heavy atom. The summed E-state index contributed by atoms with van der Waals surface area (Å²) in [6, 6.07) is 50.0. The van der Waals surface area contributed by atoms with Crippen LogP contribution in [0.15, 0.2) is 146 Å². The van der Waals surface area contributed by atoms with Crippen molar-refractivity contribution in [3.63, 3.8) is 0 Å². The van der Waals surface area contributed by atoms with Gasteiger partial charge < -0.3 is 15.1 Å². The molecule has 3 aromatic heterocycles. The predicted molar refractivity (Wildman–Crippen MR) is 222 cm³/mol. The van der Waals surface area contributed by atoms with Gasteiger partial charge in [0.1, 0.15) is 0 Å². The van der Waals surface area contributed by atoms with Gasteiger partial charge >= 0.3 is 37.2 Å². The van der Waals surface area contributed by atoms with Crippen LogP contribution in [0.3, 0.4) is 0 Å². The molecule has 0 saturated heterocycles. The maximum absolute atomic E-state index is 7.57. The number of hydrogen-bond donors (Lipinski definition) is 1. The normalized spacial score (nSPS) is 11.0. The monoisotopic (exact) mass is 804 g/mol. The number of benzene rings is 4. The third-order valence-corrected chi connectivity index (χ3v) is 8.86. The van der Waals surface area contributed by atoms with Crippen LogP contribution in [-0.4, -0.2) is 21.7 Å². The number of rotatable bonds is 4. The fourth-order valence-corrected chi connectivity index (χ4v) is 6.69. The van der Waals surface area contributed by atoms with Gasteiger partial charge in [-0.2, -0.15) is 0 Å². The Morgan fingerprint density at radius 3 is 0.833 bits per heavy atom. The zero-order valence-electron chi connectivity index (χ0n) is 29.4. The van der Waals surface area contributed by atoms with E-state index in [2.05, 4.69) is 158 Å². The van der Waals surface area contributed by atoms with E-state index in [1.54, 1.807) is 6.92 Å². The second-order valence-corrected chi connectivity index (χ2v) is 12.1. The van der Waals surface area contributed by atoms with E-state index >= 15 is 0 Å². The smallest absolute Gasteiger partial charge is 2.00 e. The maximum Gasteiger partial charge on any atom is 2.00 e. The molecule has 0 unspecified atom stereocenters. The minimum atomic E-state index is 0. The predicted octanol–water partition coefficient (Wildman–Crippen LogP) is 10.7. The summed E-state index contributed by atoms with van der Waals surface area (Å²) in [5, 5.41) is 7.57. The van der Waals surface area contributed by atoms with Crippen molar-refractivity contribution < 1.29 is 24.6 Å². The Balaban J connectivity index is 0.000000792. The van der Waals surface area contributed by atoms with E-state index in [1.807, 2.05) is 24.3 Å². The minimum absolute atomic E-state index is 0. The van der Waals surface area contributed by atoms with Gasteiger partial charge in [0.25, 0.3) is 0 Å². The van der Waals surface area contributed by atoms with Gasteiger partial charge in [-0.05, 0) is 75.7 Å². The maximum atomic E-state index is 7.57. The molecule has 2 aliphatic heterocycles. The van der Waals surface area contributed by atoms with E-state index in [1.165, 1.54) is 0 Å². The average molecular weight is 804 g/mol. The Kier molecular flexibility index (Phi) is 12.5. The summed E-state index contributed by atoms with van der Waals surface area (Å²) in [5.74, 6) is 0. The quantitative estimate of drug-likeness (QED) is 0.109. The van der Waals surface area contributed by atoms with Gasteiger partial charge in [0.2, 0.25) is 0 Å². The van der Waals surface area contributed by atoms with Gasteiger partial charge in [0.15, 0.2) is 0 Å². The topological polar surface area (TPSA) is 74.2 Å². The summed E-state index contributed by atoms with van der Waals surface area (Å²) in [6.45, 7) is 1.93. The molecule has 5 nitrogen and oxygen atoms in total. The zero-order chi connectivity index (χ0) is 36.6. The van der Waals surface area contributed by atoms with Crippen LogP contribution in [0.4, 0.5) is 0 Å². The van der Waals surface area contributed by atoms with Gasteiger partial charge in [-0.15, -0.1) is 22.1 Å². The van der Waals surface area contributed by atoms with Crippen LogP contribution in [0, 0.1) is 5.69 Å². The summed E-state index contributed by atoms with van der Waals surface area (Å²) >= 11 is 3.33. The first-order valence-corrected chi connectivity index (χ1v) is 17.7. The van der Waals surface area contributed by atoms with Crippen LogP contribution in [0.2, 0.25) is 0 Å². The van der Waals surface area contributed by atoms with Crippen molar-refractivity contribution in [1.82, 2.24) is 19.9 Å². The number of aromatic nitrogens is 4. The number of nitrogens with zero attached hydrogens (tertiary/aromatic N) is 4. The van der Waals surface area contributed by atoms with Crippen LogP contribution in [0.25, 0.3) is 90.9 Å². The fraction of sp³-hybridized carbons (Fsp3) is 0.0426. The Labute approximate surface area is 333 Å². The Morgan fingerprint density at radius 2 is 0.630 bits per heavy atom. The van der Waals surface area contributed by atoms with E-state index in [9.17, 15) is 0 Å². The molecule has 0 fully saturated rings. The number of aliphatic hydroxyl groups is 1. The third kappa shape index (κ3) is 7.77. The summed E-state index contributed by atoms with van der Waals surface area (Å²) in [6.07, 6.45) is 8.41. The van der Waals surface area contributed by atoms with E-state index in [0.717, 1.165) is 89.4 Å². The standard InChI is InChI=1S/C44H28N4.C2H6O.CS.Ru/c1-5-13-29(14-6-1)41-33-21-23-35(45-33)42(30-15-7-2-8-16-30)37-25-27-39(47-37)44(32-19-11-4-12-20-32)40-28-26-38(48-40)43(31-17-9-3-10-18-31)36-24-22-34(41)46-36;1-2-3;1-2;/h1-28H;3H,2H2,1H3;;/q-2;;;+2. The second-order valence-electron chi connectivity index (χ2n) is 12.1. The second kappa shape index (κ2) is 17.8. The molecule has 262 valence electrons. The van der Waals surface area contributed by atoms with Crippen LogP contribution in [0.1, 0.15) is 29.7 Å². The molecule has 7 heteroatoms. The summed E-state index contributed by atoms with van der Waals surface area (Å²) in [7, 11) is 0. The fourth-order valence-electron chi connectivity index (χ4n) is 6.69. The van der Waals surface area contributed by atoms with E-state index < -0.39 is 0 Å². The first kappa shape index (κ1) is 37.9. The van der Waals surface area contributed by atoms with E-state index in [-0.39, 0.29) is 26.1 Å². The van der Waals surface area contributed by atoms with Gasteiger partial charge in [0.05, 0.1) is 22.8 Å². The van der Waals surface area contributed by atoms with Crippen molar-refractivity contribution in [3.05, 3.63) is 174 Å². The molecule has 5 heterocycles. The van der Waals surface area contributed by atoms with Crippen molar-refractivity contribution in [1.29, 1.82) is 0 Å². The number of hydrogen-bond acceptors (Lipinski definition) is 3. The molecule has 4 aromatic carbocycles. The molecule has 1 N–H and O–H groups in total. The minimum Gasteiger partial charge on any atom is 2.00 e. The SMILES string of the molecule is C1=Cc2nc1c(-c1ccccc1)c1ccc([n-]1)c(-c1ccccc1)c1nc(c(-c3ccccc3)c3ccc([n-]3)c2-c2ccccc2)C=C1.CCO.[C-]#[S+].[Ru+2]. The van der Waals surface area contributed by atoms with Crippen molar-refractivity contribution in [2.75, 3.05) is 6.61 Å². The van der Waals surface area contributed by atoms with Gasteiger partial charge in [-0.25, -0.2) is 9.97 Å². The Hall–Kier alpha value is -5.81. The molecule has 0 amide bonds. The number of aliphatic hydroxyl groups excluding tert-OH is 1. The van der Waals surface area contributed by atoms with Crippen molar-refractivity contribution in [2.45, 2.75) is 6.92 Å². The summed E-state index contributed by atoms with van der Waals surface area (Å²) < 4.78 is 0. The van der Waals surface area contributed by atoms with Crippen LogP contribution < -0.4 is 9.97 Å².